The van der Waals surface area contributed by atoms with E-state index in [-0.39, 0.29) is 24.3 Å². The monoisotopic (exact) mass is 359 g/mol. The molecule has 0 spiro atoms. The zero-order chi connectivity index (χ0) is 18.8. The first-order chi connectivity index (χ1) is 12.4. The van der Waals surface area contributed by atoms with E-state index in [2.05, 4.69) is 10.1 Å². The van der Waals surface area contributed by atoms with Crippen LogP contribution in [0.25, 0.3) is 11.1 Å². The van der Waals surface area contributed by atoms with Gasteiger partial charge in [0.2, 0.25) is 0 Å². The topological polar surface area (TPSA) is 96.5 Å². The smallest absolute Gasteiger partial charge is 0.303 e. The number of carboxylic acid groups (broad SMARTS) is 1. The molecular weight excluding hydrogens is 334 g/mol. The van der Waals surface area contributed by atoms with Gasteiger partial charge >= 0.3 is 5.97 Å². The van der Waals surface area contributed by atoms with Gasteiger partial charge in [0.05, 0.1) is 16.6 Å². The molecule has 3 rings (SSSR count). The number of carboxylic acids is 1. The van der Waals surface area contributed by atoms with Crippen LogP contribution < -0.4 is 0 Å². The second-order valence-corrected chi connectivity index (χ2v) is 7.28. The largest absolute Gasteiger partial charge is 0.481 e. The molecule has 0 radical (unpaired) electrons. The Kier molecular flexibility index (Phi) is 5.25. The zero-order valence-electron chi connectivity index (χ0n) is 15.5. The van der Waals surface area contributed by atoms with Gasteiger partial charge in [-0.3, -0.25) is 9.59 Å². The van der Waals surface area contributed by atoms with Crippen LogP contribution in [-0.4, -0.2) is 44.6 Å². The van der Waals surface area contributed by atoms with Gasteiger partial charge in [-0.1, -0.05) is 19.0 Å². The molecular formula is C19H25N3O4. The Morgan fingerprint density at radius 2 is 2.15 bits per heavy atom. The number of carbonyl (C=O) groups excluding carboxylic acids is 1. The third-order valence-electron chi connectivity index (χ3n) is 5.04. The minimum atomic E-state index is -0.828. The van der Waals surface area contributed by atoms with Crippen LogP contribution in [0.3, 0.4) is 0 Å². The van der Waals surface area contributed by atoms with Gasteiger partial charge in [-0.25, -0.2) is 4.98 Å². The maximum atomic E-state index is 13.4. The number of pyridine rings is 1. The second kappa shape index (κ2) is 7.43. The highest BCUT2D eigenvalue weighted by Gasteiger charge is 2.30. The van der Waals surface area contributed by atoms with Gasteiger partial charge in [0.25, 0.3) is 11.6 Å². The Hall–Kier alpha value is -2.44. The summed E-state index contributed by atoms with van der Waals surface area (Å²) in [7, 11) is 0. The highest BCUT2D eigenvalue weighted by molar-refractivity contribution is 6.06. The second-order valence-electron chi connectivity index (χ2n) is 7.28. The Bertz CT molecular complexity index is 828. The predicted molar refractivity (Wildman–Crippen MR) is 96.2 cm³/mol. The Morgan fingerprint density at radius 1 is 1.38 bits per heavy atom. The van der Waals surface area contributed by atoms with Crippen molar-refractivity contribution in [3.63, 3.8) is 0 Å². The number of rotatable bonds is 5. The average Bonchev–Trinajstić information content (AvgIpc) is 3.00. The van der Waals surface area contributed by atoms with E-state index in [1.807, 2.05) is 24.8 Å². The highest BCUT2D eigenvalue weighted by Crippen LogP contribution is 2.29. The molecule has 0 aromatic carbocycles. The Balaban J connectivity index is 1.99. The van der Waals surface area contributed by atoms with E-state index in [0.29, 0.717) is 35.3 Å². The lowest BCUT2D eigenvalue weighted by molar-refractivity contribution is -0.137. The number of aryl methyl sites for hydroxylation is 1. The molecule has 0 bridgehead atoms. The maximum absolute atomic E-state index is 13.4. The van der Waals surface area contributed by atoms with E-state index in [1.165, 1.54) is 0 Å². The van der Waals surface area contributed by atoms with Crippen molar-refractivity contribution in [3.05, 3.63) is 23.0 Å². The van der Waals surface area contributed by atoms with Gasteiger partial charge < -0.3 is 14.5 Å². The van der Waals surface area contributed by atoms with Crippen molar-refractivity contribution in [2.45, 2.75) is 64.8 Å². The number of fused-ring (bicyclic) bond motifs is 1. The Morgan fingerprint density at radius 3 is 2.85 bits per heavy atom. The molecule has 7 nitrogen and oxygen atoms in total. The molecule has 1 aliphatic heterocycles. The lowest BCUT2D eigenvalue weighted by atomic mass is 9.96. The number of hydrogen-bond acceptors (Lipinski definition) is 5. The number of likely N-dealkylation sites (tertiary alicyclic amines) is 1. The summed E-state index contributed by atoms with van der Waals surface area (Å²) < 4.78 is 5.31. The number of aliphatic carboxylic acids is 1. The predicted octanol–water partition coefficient (Wildman–Crippen LogP) is 3.51. The van der Waals surface area contributed by atoms with Gasteiger partial charge in [-0.15, -0.1) is 0 Å². The highest BCUT2D eigenvalue weighted by atomic mass is 16.5. The Labute approximate surface area is 152 Å². The molecule has 2 aromatic rings. The molecule has 0 saturated carbocycles. The van der Waals surface area contributed by atoms with Crippen LogP contribution in [-0.2, 0) is 4.79 Å². The third-order valence-corrected chi connectivity index (χ3v) is 5.04. The van der Waals surface area contributed by atoms with Crippen molar-refractivity contribution >= 4 is 23.0 Å². The van der Waals surface area contributed by atoms with Crippen molar-refractivity contribution in [2.24, 2.45) is 0 Å². The minimum Gasteiger partial charge on any atom is -0.481 e. The van der Waals surface area contributed by atoms with E-state index in [0.717, 1.165) is 25.0 Å². The van der Waals surface area contributed by atoms with E-state index >= 15 is 0 Å². The number of aromatic nitrogens is 2. The first kappa shape index (κ1) is 18.4. The summed E-state index contributed by atoms with van der Waals surface area (Å²) in [5.41, 5.74) is 2.37. The van der Waals surface area contributed by atoms with Gasteiger partial charge in [0.15, 0.2) is 0 Å². The van der Waals surface area contributed by atoms with E-state index in [4.69, 9.17) is 9.63 Å². The number of piperidine rings is 1. The summed E-state index contributed by atoms with van der Waals surface area (Å²) in [5.74, 6) is -0.757. The molecule has 2 aromatic heterocycles. The molecule has 1 fully saturated rings. The molecule has 26 heavy (non-hydrogen) atoms. The van der Waals surface area contributed by atoms with Crippen molar-refractivity contribution in [1.29, 1.82) is 0 Å². The van der Waals surface area contributed by atoms with Crippen molar-refractivity contribution < 1.29 is 19.2 Å². The fraction of sp³-hybridized carbons (Fsp3) is 0.579. The summed E-state index contributed by atoms with van der Waals surface area (Å²) in [6.07, 6.45) is 3.35. The SMILES string of the molecule is Cc1noc2nc(C(C)C)cc(C(=O)N3CCCCC3CCC(=O)O)c12. The van der Waals surface area contributed by atoms with Crippen LogP contribution >= 0.6 is 0 Å². The van der Waals surface area contributed by atoms with Gasteiger partial charge in [-0.05, 0) is 44.6 Å². The van der Waals surface area contributed by atoms with Gasteiger partial charge in [-0.2, -0.15) is 0 Å². The van der Waals surface area contributed by atoms with Crippen LogP contribution in [0.2, 0.25) is 0 Å². The fourth-order valence-corrected chi connectivity index (χ4v) is 3.59. The average molecular weight is 359 g/mol. The normalized spacial score (nSPS) is 17.8. The molecule has 1 saturated heterocycles. The van der Waals surface area contributed by atoms with Crippen LogP contribution in [0.15, 0.2) is 10.6 Å². The molecule has 1 amide bonds. The summed E-state index contributed by atoms with van der Waals surface area (Å²) in [5, 5.41) is 13.6. The van der Waals surface area contributed by atoms with E-state index in [1.54, 1.807) is 6.92 Å². The minimum absolute atomic E-state index is 0.0433. The fourth-order valence-electron chi connectivity index (χ4n) is 3.59. The third kappa shape index (κ3) is 3.57. The summed E-state index contributed by atoms with van der Waals surface area (Å²) >= 11 is 0. The van der Waals surface area contributed by atoms with Gasteiger partial charge in [0.1, 0.15) is 0 Å². The quantitative estimate of drug-likeness (QED) is 0.877. The van der Waals surface area contributed by atoms with Crippen molar-refractivity contribution in [1.82, 2.24) is 15.0 Å². The molecule has 0 aliphatic carbocycles. The summed E-state index contributed by atoms with van der Waals surface area (Å²) in [4.78, 5) is 30.7. The first-order valence-corrected chi connectivity index (χ1v) is 9.18. The van der Waals surface area contributed by atoms with E-state index in [9.17, 15) is 9.59 Å². The lowest BCUT2D eigenvalue weighted by Crippen LogP contribution is -2.44. The van der Waals surface area contributed by atoms with Crippen molar-refractivity contribution in [2.75, 3.05) is 6.54 Å². The number of amides is 1. The standard InChI is InChI=1S/C19H25N3O4/c1-11(2)15-10-14(17-12(3)21-26-18(17)20-15)19(25)22-9-5-4-6-13(22)7-8-16(23)24/h10-11,13H,4-9H2,1-3H3,(H,23,24). The number of carbonyl (C=O) groups is 2. The molecule has 1 unspecified atom stereocenters. The molecule has 1 atom stereocenters. The lowest BCUT2D eigenvalue weighted by Gasteiger charge is -2.36. The molecule has 7 heteroatoms. The number of hydrogen-bond donors (Lipinski definition) is 1. The van der Waals surface area contributed by atoms with Crippen LogP contribution in [0.5, 0.6) is 0 Å². The van der Waals surface area contributed by atoms with Crippen LogP contribution in [0.1, 0.15) is 73.6 Å². The zero-order valence-corrected chi connectivity index (χ0v) is 15.5. The molecule has 1 N–H and O–H groups in total. The maximum Gasteiger partial charge on any atom is 0.303 e. The van der Waals surface area contributed by atoms with Crippen LogP contribution in [0, 0.1) is 6.92 Å². The summed E-state index contributed by atoms with van der Waals surface area (Å²) in [6, 6.07) is 1.79. The van der Waals surface area contributed by atoms with Crippen molar-refractivity contribution in [3.8, 4) is 0 Å². The molecule has 140 valence electrons. The van der Waals surface area contributed by atoms with Crippen LogP contribution in [0.4, 0.5) is 0 Å². The first-order valence-electron chi connectivity index (χ1n) is 9.18. The molecule has 3 heterocycles. The number of nitrogens with zero attached hydrogens (tertiary/aromatic N) is 3. The summed E-state index contributed by atoms with van der Waals surface area (Å²) in [6.45, 7) is 6.48. The molecule has 1 aliphatic rings. The van der Waals surface area contributed by atoms with E-state index < -0.39 is 5.97 Å². The van der Waals surface area contributed by atoms with Gasteiger partial charge in [0, 0.05) is 24.7 Å².